The monoisotopic (exact) mass is 256 g/mol. The topological polar surface area (TPSA) is 25.2 Å². The lowest BCUT2D eigenvalue weighted by Crippen LogP contribution is -2.32. The van der Waals surface area contributed by atoms with Gasteiger partial charge in [-0.1, -0.05) is 6.42 Å². The standard InChI is InChI=1S/C16H20N2O/c19-13-14-4-5-16-15(12-14)6-9-18(16)11-10-17-7-2-1-3-8-17/h4-6,9,12-13H,1-3,7-8,10-11H2. The summed E-state index contributed by atoms with van der Waals surface area (Å²) in [6.07, 6.45) is 7.11. The molecule has 3 nitrogen and oxygen atoms in total. The fourth-order valence-corrected chi connectivity index (χ4v) is 2.92. The van der Waals surface area contributed by atoms with Crippen molar-refractivity contribution in [3.63, 3.8) is 0 Å². The molecule has 0 radical (unpaired) electrons. The van der Waals surface area contributed by atoms with E-state index in [0.29, 0.717) is 0 Å². The van der Waals surface area contributed by atoms with Gasteiger partial charge in [0, 0.05) is 35.8 Å². The number of hydrogen-bond donors (Lipinski definition) is 0. The SMILES string of the molecule is O=Cc1ccc2c(ccn2CCN2CCCCC2)c1. The van der Waals surface area contributed by atoms with E-state index < -0.39 is 0 Å². The van der Waals surface area contributed by atoms with Crippen molar-refractivity contribution in [2.75, 3.05) is 19.6 Å². The third-order valence-electron chi connectivity index (χ3n) is 4.04. The summed E-state index contributed by atoms with van der Waals surface area (Å²) in [4.78, 5) is 13.3. The zero-order chi connectivity index (χ0) is 13.1. The van der Waals surface area contributed by atoms with Crippen molar-refractivity contribution in [2.24, 2.45) is 0 Å². The molecule has 0 amide bonds. The summed E-state index contributed by atoms with van der Waals surface area (Å²) in [7, 11) is 0. The zero-order valence-electron chi connectivity index (χ0n) is 11.2. The van der Waals surface area contributed by atoms with Crippen molar-refractivity contribution >= 4 is 17.2 Å². The second-order valence-electron chi connectivity index (χ2n) is 5.35. The molecule has 1 aromatic heterocycles. The first-order valence-electron chi connectivity index (χ1n) is 7.13. The van der Waals surface area contributed by atoms with Crippen LogP contribution in [0.3, 0.4) is 0 Å². The summed E-state index contributed by atoms with van der Waals surface area (Å²) in [5.41, 5.74) is 1.98. The number of piperidine rings is 1. The first-order valence-corrected chi connectivity index (χ1v) is 7.13. The highest BCUT2D eigenvalue weighted by Gasteiger charge is 2.10. The van der Waals surface area contributed by atoms with Crippen molar-refractivity contribution in [2.45, 2.75) is 25.8 Å². The number of nitrogens with zero attached hydrogens (tertiary/aromatic N) is 2. The molecule has 0 spiro atoms. The molecular formula is C16H20N2O. The average Bonchev–Trinajstić information content (AvgIpc) is 2.88. The molecule has 1 fully saturated rings. The Bertz CT molecular complexity index is 567. The number of likely N-dealkylation sites (tertiary alicyclic amines) is 1. The van der Waals surface area contributed by atoms with Gasteiger partial charge in [-0.15, -0.1) is 0 Å². The van der Waals surface area contributed by atoms with Crippen molar-refractivity contribution in [1.82, 2.24) is 9.47 Å². The molecule has 0 bridgehead atoms. The second-order valence-corrected chi connectivity index (χ2v) is 5.35. The van der Waals surface area contributed by atoms with E-state index >= 15 is 0 Å². The maximum Gasteiger partial charge on any atom is 0.150 e. The highest BCUT2D eigenvalue weighted by molar-refractivity contribution is 5.87. The lowest BCUT2D eigenvalue weighted by atomic mass is 10.1. The Morgan fingerprint density at radius 2 is 1.89 bits per heavy atom. The van der Waals surface area contributed by atoms with E-state index in [1.54, 1.807) is 0 Å². The first kappa shape index (κ1) is 12.4. The van der Waals surface area contributed by atoms with E-state index in [4.69, 9.17) is 0 Å². The molecule has 0 unspecified atom stereocenters. The van der Waals surface area contributed by atoms with Gasteiger partial charge in [-0.05, 0) is 50.2 Å². The zero-order valence-corrected chi connectivity index (χ0v) is 11.2. The Kier molecular flexibility index (Phi) is 3.65. The number of rotatable bonds is 4. The Balaban J connectivity index is 1.72. The third-order valence-corrected chi connectivity index (χ3v) is 4.04. The van der Waals surface area contributed by atoms with Gasteiger partial charge < -0.3 is 9.47 Å². The van der Waals surface area contributed by atoms with Crippen LogP contribution in [0.1, 0.15) is 29.6 Å². The van der Waals surface area contributed by atoms with E-state index in [9.17, 15) is 4.79 Å². The second kappa shape index (κ2) is 5.57. The molecule has 1 aliphatic heterocycles. The van der Waals surface area contributed by atoms with Gasteiger partial charge in [0.2, 0.25) is 0 Å². The molecular weight excluding hydrogens is 236 g/mol. The maximum absolute atomic E-state index is 10.8. The summed E-state index contributed by atoms with van der Waals surface area (Å²) in [5.74, 6) is 0. The van der Waals surface area contributed by atoms with Gasteiger partial charge in [-0.2, -0.15) is 0 Å². The minimum atomic E-state index is 0.751. The third kappa shape index (κ3) is 2.71. The molecule has 0 N–H and O–H groups in total. The van der Waals surface area contributed by atoms with E-state index in [-0.39, 0.29) is 0 Å². The summed E-state index contributed by atoms with van der Waals surface area (Å²) in [6.45, 7) is 4.64. The molecule has 2 heterocycles. The number of aromatic nitrogens is 1. The quantitative estimate of drug-likeness (QED) is 0.786. The van der Waals surface area contributed by atoms with Gasteiger partial charge in [0.25, 0.3) is 0 Å². The van der Waals surface area contributed by atoms with E-state index in [2.05, 4.69) is 27.8 Å². The summed E-state index contributed by atoms with van der Waals surface area (Å²) < 4.78 is 2.29. The van der Waals surface area contributed by atoms with Gasteiger partial charge in [0.05, 0.1) is 0 Å². The van der Waals surface area contributed by atoms with Gasteiger partial charge >= 0.3 is 0 Å². The predicted molar refractivity (Wildman–Crippen MR) is 77.6 cm³/mol. The number of aldehydes is 1. The molecule has 3 heteroatoms. The molecule has 1 saturated heterocycles. The number of fused-ring (bicyclic) bond motifs is 1. The van der Waals surface area contributed by atoms with Crippen LogP contribution in [-0.4, -0.2) is 35.4 Å². The van der Waals surface area contributed by atoms with Crippen LogP contribution in [0.5, 0.6) is 0 Å². The van der Waals surface area contributed by atoms with Crippen molar-refractivity contribution in [3.8, 4) is 0 Å². The highest BCUT2D eigenvalue weighted by atomic mass is 16.1. The molecule has 0 aliphatic carbocycles. The summed E-state index contributed by atoms with van der Waals surface area (Å²) >= 11 is 0. The summed E-state index contributed by atoms with van der Waals surface area (Å²) in [6, 6.07) is 8.00. The molecule has 0 atom stereocenters. The Labute approximate surface area is 113 Å². The molecule has 100 valence electrons. The van der Waals surface area contributed by atoms with Crippen LogP contribution in [0, 0.1) is 0 Å². The lowest BCUT2D eigenvalue weighted by Gasteiger charge is -2.26. The lowest BCUT2D eigenvalue weighted by molar-refractivity contribution is 0.112. The fourth-order valence-electron chi connectivity index (χ4n) is 2.92. The minimum Gasteiger partial charge on any atom is -0.346 e. The van der Waals surface area contributed by atoms with Gasteiger partial charge in [-0.3, -0.25) is 4.79 Å². The van der Waals surface area contributed by atoms with Crippen LogP contribution in [-0.2, 0) is 6.54 Å². The van der Waals surface area contributed by atoms with Crippen LogP contribution >= 0.6 is 0 Å². The smallest absolute Gasteiger partial charge is 0.150 e. The average molecular weight is 256 g/mol. The Morgan fingerprint density at radius 1 is 1.05 bits per heavy atom. The van der Waals surface area contributed by atoms with Crippen molar-refractivity contribution in [1.29, 1.82) is 0 Å². The molecule has 0 saturated carbocycles. The van der Waals surface area contributed by atoms with E-state index in [1.807, 2.05) is 12.1 Å². The number of hydrogen-bond acceptors (Lipinski definition) is 2. The van der Waals surface area contributed by atoms with Gasteiger partial charge in [-0.25, -0.2) is 0 Å². The molecule has 19 heavy (non-hydrogen) atoms. The van der Waals surface area contributed by atoms with Crippen LogP contribution < -0.4 is 0 Å². The minimum absolute atomic E-state index is 0.751. The van der Waals surface area contributed by atoms with Gasteiger partial charge in [0.1, 0.15) is 6.29 Å². The Morgan fingerprint density at radius 3 is 2.68 bits per heavy atom. The molecule has 3 rings (SSSR count). The van der Waals surface area contributed by atoms with Gasteiger partial charge in [0.15, 0.2) is 0 Å². The van der Waals surface area contributed by atoms with E-state index in [0.717, 1.165) is 30.3 Å². The largest absolute Gasteiger partial charge is 0.346 e. The van der Waals surface area contributed by atoms with E-state index in [1.165, 1.54) is 37.9 Å². The first-order chi connectivity index (χ1) is 9.36. The molecule has 1 aliphatic rings. The predicted octanol–water partition coefficient (Wildman–Crippen LogP) is 2.94. The molecule has 1 aromatic carbocycles. The van der Waals surface area contributed by atoms with Crippen LogP contribution in [0.15, 0.2) is 30.5 Å². The summed E-state index contributed by atoms with van der Waals surface area (Å²) in [5, 5.41) is 1.16. The maximum atomic E-state index is 10.8. The highest BCUT2D eigenvalue weighted by Crippen LogP contribution is 2.17. The van der Waals surface area contributed by atoms with Crippen molar-refractivity contribution < 1.29 is 4.79 Å². The van der Waals surface area contributed by atoms with Crippen LogP contribution in [0.25, 0.3) is 10.9 Å². The molecule has 2 aromatic rings. The number of benzene rings is 1. The number of carbonyl (C=O) groups excluding carboxylic acids is 1. The fraction of sp³-hybridized carbons (Fsp3) is 0.438. The number of carbonyl (C=O) groups is 1. The van der Waals surface area contributed by atoms with Crippen LogP contribution in [0.4, 0.5) is 0 Å². The normalized spacial score (nSPS) is 16.8. The van der Waals surface area contributed by atoms with Crippen molar-refractivity contribution in [3.05, 3.63) is 36.0 Å². The Hall–Kier alpha value is -1.61. The van der Waals surface area contributed by atoms with Crippen LogP contribution in [0.2, 0.25) is 0 Å².